The van der Waals surface area contributed by atoms with Gasteiger partial charge in [-0.3, -0.25) is 4.68 Å². The van der Waals surface area contributed by atoms with E-state index in [1.165, 1.54) is 20.5 Å². The van der Waals surface area contributed by atoms with E-state index in [1.54, 1.807) is 0 Å². The fourth-order valence-electron chi connectivity index (χ4n) is 6.45. The molecule has 49 heavy (non-hydrogen) atoms. The molecular weight excluding hydrogens is 639 g/mol. The van der Waals surface area contributed by atoms with Crippen LogP contribution in [0.2, 0.25) is 0 Å². The van der Waals surface area contributed by atoms with Gasteiger partial charge < -0.3 is 4.90 Å². The Morgan fingerprint density at radius 2 is 1.33 bits per heavy atom. The van der Waals surface area contributed by atoms with Crippen molar-refractivity contribution in [3.63, 3.8) is 0 Å². The van der Waals surface area contributed by atoms with Gasteiger partial charge >= 0.3 is 6.18 Å². The quantitative estimate of drug-likeness (QED) is 0.129. The second-order valence-electron chi connectivity index (χ2n) is 13.3. The fraction of sp³-hybridized carbons (Fsp3) is 0.306. The van der Waals surface area contributed by atoms with Crippen molar-refractivity contribution in [2.75, 3.05) is 18.0 Å². The Hall–Kier alpha value is -5.20. The van der Waals surface area contributed by atoms with Crippen molar-refractivity contribution < 1.29 is 22.0 Å². The molecule has 6 aromatic rings. The molecule has 3 aromatic heterocycles. The maximum Gasteiger partial charge on any atom is 0.435 e. The topological polar surface area (TPSA) is 77.5 Å². The van der Waals surface area contributed by atoms with Crippen molar-refractivity contribution in [3.8, 4) is 0 Å². The minimum absolute atomic E-state index is 0.0427. The summed E-state index contributed by atoms with van der Waals surface area (Å²) in [6.07, 6.45) is -3.78. The third-order valence-electron chi connectivity index (χ3n) is 8.78. The average molecular weight is 673 g/mol. The van der Waals surface area contributed by atoms with Crippen molar-refractivity contribution in [2.24, 2.45) is 0 Å². The minimum atomic E-state index is -4.83. The van der Waals surface area contributed by atoms with Gasteiger partial charge in [-0.05, 0) is 16.7 Å². The Morgan fingerprint density at radius 3 is 1.80 bits per heavy atom. The Morgan fingerprint density at radius 1 is 0.776 bits per heavy atom. The first kappa shape index (κ1) is 32.4. The molecule has 0 saturated carbocycles. The summed E-state index contributed by atoms with van der Waals surface area (Å²) in [6.45, 7) is 4.70. The average Bonchev–Trinajstić information content (AvgIpc) is 3.79. The van der Waals surface area contributed by atoms with E-state index >= 15 is 0 Å². The Bertz CT molecular complexity index is 1990. The van der Waals surface area contributed by atoms with Gasteiger partial charge in [0, 0.05) is 30.1 Å². The Kier molecular flexibility index (Phi) is 7.75. The van der Waals surface area contributed by atoms with Crippen LogP contribution < -0.4 is 4.90 Å². The van der Waals surface area contributed by atoms with Gasteiger partial charge in [-0.15, -0.1) is 5.10 Å². The van der Waals surface area contributed by atoms with E-state index in [2.05, 4.69) is 25.4 Å². The second kappa shape index (κ2) is 11.7. The molecule has 3 aromatic carbocycles. The van der Waals surface area contributed by atoms with Crippen LogP contribution in [0.5, 0.6) is 0 Å². The van der Waals surface area contributed by atoms with Crippen LogP contribution in [0.3, 0.4) is 0 Å². The van der Waals surface area contributed by atoms with E-state index in [0.29, 0.717) is 22.5 Å². The summed E-state index contributed by atoms with van der Waals surface area (Å²) in [5.41, 5.74) is -0.761. The van der Waals surface area contributed by atoms with Gasteiger partial charge in [0.2, 0.25) is 0 Å². The molecule has 1 saturated heterocycles. The molecule has 13 heteroatoms. The molecule has 0 unspecified atom stereocenters. The predicted octanol–water partition coefficient (Wildman–Crippen LogP) is 7.47. The molecule has 4 heterocycles. The number of fused-ring (bicyclic) bond motifs is 1. The minimum Gasteiger partial charge on any atom is -0.348 e. The van der Waals surface area contributed by atoms with Crippen LogP contribution in [-0.2, 0) is 23.7 Å². The molecule has 1 aliphatic heterocycles. The summed E-state index contributed by atoms with van der Waals surface area (Å²) in [4.78, 5) is 10.7. The highest BCUT2D eigenvalue weighted by molar-refractivity contribution is 5.83. The zero-order valence-corrected chi connectivity index (χ0v) is 27.0. The predicted molar refractivity (Wildman–Crippen MR) is 175 cm³/mol. The first-order chi connectivity index (χ1) is 23.3. The highest BCUT2D eigenvalue weighted by atomic mass is 19.4. The van der Waals surface area contributed by atoms with Crippen molar-refractivity contribution in [2.45, 2.75) is 56.8 Å². The van der Waals surface area contributed by atoms with Crippen LogP contribution in [0.1, 0.15) is 61.0 Å². The first-order valence-corrected chi connectivity index (χ1v) is 15.8. The Labute approximate surface area is 279 Å². The van der Waals surface area contributed by atoms with Gasteiger partial charge in [-0.2, -0.15) is 18.3 Å². The lowest BCUT2D eigenvalue weighted by molar-refractivity contribution is -0.142. The lowest BCUT2D eigenvalue weighted by atomic mass is 9.77. The number of benzene rings is 3. The van der Waals surface area contributed by atoms with Gasteiger partial charge in [0.25, 0.3) is 5.92 Å². The van der Waals surface area contributed by atoms with E-state index in [0.717, 1.165) is 0 Å². The summed E-state index contributed by atoms with van der Waals surface area (Å²) in [6, 6.07) is 27.8. The summed E-state index contributed by atoms with van der Waals surface area (Å²) >= 11 is 0. The second-order valence-corrected chi connectivity index (χ2v) is 13.3. The monoisotopic (exact) mass is 672 g/mol. The van der Waals surface area contributed by atoms with E-state index < -0.39 is 41.8 Å². The maximum absolute atomic E-state index is 14.9. The standard InChI is InChI=1S/C36H33F5N8/c1-33(2,3)32-42-30(47-20-19-34(37,38)23-47)28-31(43-32)48(46-44-28)21-24-22-49(45-29(24)36(39,40)41)35(25-13-7-4-8-14-25,26-15-9-5-10-16-26)27-17-11-6-12-18-27/h4-18,22H,19-21,23H2,1-3H3. The number of hydrogen-bond donors (Lipinski definition) is 0. The SMILES string of the molecule is CC(C)(C)c1nc(N2CCC(F)(F)C2)c2nnn(Cc3cn(C(c4ccccc4)(c4ccccc4)c4ccccc4)nc3C(F)(F)F)c2n1. The van der Waals surface area contributed by atoms with Crippen molar-refractivity contribution in [1.82, 2.24) is 34.7 Å². The van der Waals surface area contributed by atoms with Crippen LogP contribution in [0.4, 0.5) is 27.8 Å². The summed E-state index contributed by atoms with van der Waals surface area (Å²) in [7, 11) is 0. The summed E-state index contributed by atoms with van der Waals surface area (Å²) in [5.74, 6) is -2.40. The number of anilines is 1. The van der Waals surface area contributed by atoms with Crippen LogP contribution in [0.15, 0.2) is 97.2 Å². The lowest BCUT2D eigenvalue weighted by Gasteiger charge is -2.36. The zero-order valence-electron chi connectivity index (χ0n) is 27.0. The molecule has 8 nitrogen and oxygen atoms in total. The normalized spacial score (nSPS) is 15.3. The number of hydrogen-bond acceptors (Lipinski definition) is 6. The number of alkyl halides is 5. The van der Waals surface area contributed by atoms with E-state index in [9.17, 15) is 22.0 Å². The zero-order chi connectivity index (χ0) is 34.6. The van der Waals surface area contributed by atoms with Crippen molar-refractivity contribution in [3.05, 3.63) is 131 Å². The first-order valence-electron chi connectivity index (χ1n) is 15.8. The molecular formula is C36H33F5N8. The smallest absolute Gasteiger partial charge is 0.348 e. The summed E-state index contributed by atoms with van der Waals surface area (Å²) < 4.78 is 76.0. The van der Waals surface area contributed by atoms with Gasteiger partial charge in [0.1, 0.15) is 11.4 Å². The van der Waals surface area contributed by atoms with E-state index in [4.69, 9.17) is 0 Å². The number of rotatable bonds is 7. The van der Waals surface area contributed by atoms with Crippen molar-refractivity contribution >= 4 is 17.0 Å². The van der Waals surface area contributed by atoms with E-state index in [-0.39, 0.29) is 35.5 Å². The molecule has 252 valence electrons. The molecule has 0 spiro atoms. The summed E-state index contributed by atoms with van der Waals surface area (Å²) in [5, 5.41) is 12.7. The number of aromatic nitrogens is 7. The van der Waals surface area contributed by atoms with Crippen LogP contribution in [0.25, 0.3) is 11.2 Å². The third-order valence-corrected chi connectivity index (χ3v) is 8.78. The van der Waals surface area contributed by atoms with Gasteiger partial charge in [0.05, 0.1) is 13.1 Å². The lowest BCUT2D eigenvalue weighted by Crippen LogP contribution is -2.38. The highest BCUT2D eigenvalue weighted by Gasteiger charge is 2.44. The van der Waals surface area contributed by atoms with Gasteiger partial charge in [0.15, 0.2) is 22.7 Å². The molecule has 1 fully saturated rings. The maximum atomic E-state index is 14.9. The van der Waals surface area contributed by atoms with Crippen molar-refractivity contribution in [1.29, 1.82) is 0 Å². The molecule has 0 bridgehead atoms. The van der Waals surface area contributed by atoms with Gasteiger partial charge in [-0.25, -0.2) is 23.4 Å². The fourth-order valence-corrected chi connectivity index (χ4v) is 6.45. The van der Waals surface area contributed by atoms with Gasteiger partial charge in [-0.1, -0.05) is 117 Å². The van der Waals surface area contributed by atoms with Crippen LogP contribution in [-0.4, -0.2) is 53.8 Å². The number of halogens is 5. The van der Waals surface area contributed by atoms with Crippen LogP contribution >= 0.6 is 0 Å². The Balaban J connectivity index is 1.44. The molecule has 0 aliphatic carbocycles. The van der Waals surface area contributed by atoms with Crippen LogP contribution in [0, 0.1) is 0 Å². The molecule has 1 aliphatic rings. The molecule has 7 rings (SSSR count). The largest absolute Gasteiger partial charge is 0.435 e. The molecule has 0 atom stereocenters. The highest BCUT2D eigenvalue weighted by Crippen LogP contribution is 2.43. The third kappa shape index (κ3) is 5.80. The number of nitrogens with zero attached hydrogens (tertiary/aromatic N) is 8. The molecule has 0 N–H and O–H groups in total. The molecule has 0 radical (unpaired) electrons. The van der Waals surface area contributed by atoms with E-state index in [1.807, 2.05) is 112 Å². The molecule has 0 amide bonds.